The normalized spacial score (nSPS) is 10.4. The Balaban J connectivity index is 1.76. The number of carbonyl (C=O) groups is 1. The molecular formula is C18H17N3O4S. The van der Waals surface area contributed by atoms with Gasteiger partial charge in [-0.2, -0.15) is 5.10 Å². The van der Waals surface area contributed by atoms with Crippen LogP contribution in [-0.4, -0.2) is 29.9 Å². The van der Waals surface area contributed by atoms with Gasteiger partial charge in [0.2, 0.25) is 5.91 Å². The molecule has 3 rings (SSSR count). The highest BCUT2D eigenvalue weighted by atomic mass is 32.1. The second-order valence-electron chi connectivity index (χ2n) is 5.31. The summed E-state index contributed by atoms with van der Waals surface area (Å²) in [6, 6.07) is 11.9. The van der Waals surface area contributed by atoms with Gasteiger partial charge in [-0.25, -0.2) is 4.68 Å². The number of thiophene rings is 1. The summed E-state index contributed by atoms with van der Waals surface area (Å²) in [5, 5.41) is 8.92. The lowest BCUT2D eigenvalue weighted by Gasteiger charge is -2.11. The fourth-order valence-electron chi connectivity index (χ4n) is 2.37. The van der Waals surface area contributed by atoms with Crippen molar-refractivity contribution in [3.63, 3.8) is 0 Å². The van der Waals surface area contributed by atoms with Gasteiger partial charge in [-0.3, -0.25) is 9.59 Å². The van der Waals surface area contributed by atoms with Crippen LogP contribution in [-0.2, 0) is 11.3 Å². The molecule has 0 aliphatic rings. The Bertz CT molecular complexity index is 967. The van der Waals surface area contributed by atoms with Crippen LogP contribution in [0.1, 0.15) is 0 Å². The van der Waals surface area contributed by atoms with E-state index in [1.807, 2.05) is 17.5 Å². The number of hydrogen-bond donors (Lipinski definition) is 1. The van der Waals surface area contributed by atoms with Crippen LogP contribution in [0.3, 0.4) is 0 Å². The third-order valence-electron chi connectivity index (χ3n) is 3.60. The second kappa shape index (κ2) is 7.83. The van der Waals surface area contributed by atoms with Crippen molar-refractivity contribution < 1.29 is 14.3 Å². The number of amides is 1. The Morgan fingerprint density at radius 2 is 1.96 bits per heavy atom. The van der Waals surface area contributed by atoms with Crippen molar-refractivity contribution in [3.8, 4) is 22.1 Å². The quantitative estimate of drug-likeness (QED) is 0.720. The minimum absolute atomic E-state index is 0.188. The summed E-state index contributed by atoms with van der Waals surface area (Å²) >= 11 is 1.52. The molecule has 0 bridgehead atoms. The number of nitrogens with zero attached hydrogens (tertiary/aromatic N) is 2. The number of ether oxygens (including phenoxy) is 2. The van der Waals surface area contributed by atoms with Gasteiger partial charge >= 0.3 is 0 Å². The van der Waals surface area contributed by atoms with E-state index < -0.39 is 0 Å². The van der Waals surface area contributed by atoms with Gasteiger partial charge in [0.05, 0.1) is 19.1 Å². The zero-order valence-electron chi connectivity index (χ0n) is 14.3. The molecule has 1 N–H and O–H groups in total. The van der Waals surface area contributed by atoms with E-state index in [1.165, 1.54) is 31.6 Å². The molecule has 0 radical (unpaired) electrons. The molecule has 0 spiro atoms. The maximum Gasteiger partial charge on any atom is 0.267 e. The van der Waals surface area contributed by atoms with Crippen LogP contribution in [0.15, 0.2) is 52.6 Å². The Hall–Kier alpha value is -3.13. The van der Waals surface area contributed by atoms with Crippen molar-refractivity contribution in [1.29, 1.82) is 0 Å². The molecule has 2 heterocycles. The molecule has 26 heavy (non-hydrogen) atoms. The van der Waals surface area contributed by atoms with Gasteiger partial charge in [0, 0.05) is 17.8 Å². The molecule has 0 atom stereocenters. The smallest absolute Gasteiger partial charge is 0.267 e. The van der Waals surface area contributed by atoms with Crippen LogP contribution in [0, 0.1) is 0 Å². The van der Waals surface area contributed by atoms with E-state index >= 15 is 0 Å². The zero-order valence-corrected chi connectivity index (χ0v) is 15.1. The maximum atomic E-state index is 12.3. The molecular weight excluding hydrogens is 354 g/mol. The molecule has 7 nitrogen and oxygen atoms in total. The first-order valence-electron chi connectivity index (χ1n) is 7.74. The molecule has 0 saturated carbocycles. The van der Waals surface area contributed by atoms with Gasteiger partial charge in [-0.05, 0) is 29.6 Å². The number of benzene rings is 1. The average molecular weight is 371 g/mol. The lowest BCUT2D eigenvalue weighted by Crippen LogP contribution is -2.29. The van der Waals surface area contributed by atoms with E-state index in [0.717, 1.165) is 9.56 Å². The third kappa shape index (κ3) is 3.92. The lowest BCUT2D eigenvalue weighted by atomic mass is 10.2. The Labute approximate surface area is 153 Å². The predicted octanol–water partition coefficient (Wildman–Crippen LogP) is 2.63. The first-order valence-corrected chi connectivity index (χ1v) is 8.62. The minimum atomic E-state index is -0.366. The number of methoxy groups -OCH3 is 2. The fourth-order valence-corrected chi connectivity index (χ4v) is 3.06. The van der Waals surface area contributed by atoms with E-state index in [0.29, 0.717) is 22.9 Å². The summed E-state index contributed by atoms with van der Waals surface area (Å²) in [7, 11) is 3.05. The first kappa shape index (κ1) is 17.7. The summed E-state index contributed by atoms with van der Waals surface area (Å²) < 4.78 is 11.5. The van der Waals surface area contributed by atoms with E-state index in [1.54, 1.807) is 24.3 Å². The average Bonchev–Trinajstić information content (AvgIpc) is 3.18. The number of aromatic nitrogens is 2. The molecule has 1 aromatic carbocycles. The number of carbonyl (C=O) groups excluding carboxylic acids is 1. The lowest BCUT2D eigenvalue weighted by molar-refractivity contribution is -0.117. The van der Waals surface area contributed by atoms with Crippen molar-refractivity contribution in [3.05, 3.63) is 58.2 Å². The van der Waals surface area contributed by atoms with Crippen LogP contribution in [0.25, 0.3) is 10.6 Å². The number of hydrogen-bond acceptors (Lipinski definition) is 6. The number of anilines is 1. The molecule has 2 aromatic heterocycles. The van der Waals surface area contributed by atoms with E-state index in [4.69, 9.17) is 9.47 Å². The molecule has 0 saturated heterocycles. The Morgan fingerprint density at radius 1 is 1.15 bits per heavy atom. The van der Waals surface area contributed by atoms with Crippen molar-refractivity contribution in [1.82, 2.24) is 9.78 Å². The van der Waals surface area contributed by atoms with Gasteiger partial charge in [-0.15, -0.1) is 11.3 Å². The highest BCUT2D eigenvalue weighted by Gasteiger charge is 2.11. The molecule has 3 aromatic rings. The third-order valence-corrected chi connectivity index (χ3v) is 4.49. The van der Waals surface area contributed by atoms with Crippen LogP contribution in [0.4, 0.5) is 5.69 Å². The number of rotatable bonds is 6. The number of nitrogens with one attached hydrogen (secondary N) is 1. The first-order chi connectivity index (χ1) is 12.6. The Kier molecular flexibility index (Phi) is 5.33. The molecule has 0 fully saturated rings. The van der Waals surface area contributed by atoms with Gasteiger partial charge in [-0.1, -0.05) is 6.07 Å². The summed E-state index contributed by atoms with van der Waals surface area (Å²) in [6.07, 6.45) is 0. The molecule has 0 unspecified atom stereocenters. The second-order valence-corrected chi connectivity index (χ2v) is 6.26. The van der Waals surface area contributed by atoms with Gasteiger partial charge in [0.15, 0.2) is 11.5 Å². The van der Waals surface area contributed by atoms with Crippen molar-refractivity contribution in [2.75, 3.05) is 19.5 Å². The summed E-state index contributed by atoms with van der Waals surface area (Å²) in [5.41, 5.74) is 0.849. The van der Waals surface area contributed by atoms with Crippen LogP contribution in [0.5, 0.6) is 11.5 Å². The summed E-state index contributed by atoms with van der Waals surface area (Å²) in [6.45, 7) is -0.188. The van der Waals surface area contributed by atoms with Gasteiger partial charge < -0.3 is 14.8 Å². The van der Waals surface area contributed by atoms with Gasteiger partial charge in [0.25, 0.3) is 5.56 Å². The zero-order chi connectivity index (χ0) is 18.5. The monoisotopic (exact) mass is 371 g/mol. The van der Waals surface area contributed by atoms with E-state index in [9.17, 15) is 9.59 Å². The van der Waals surface area contributed by atoms with E-state index in [-0.39, 0.29) is 18.0 Å². The molecule has 8 heteroatoms. The van der Waals surface area contributed by atoms with Crippen molar-refractivity contribution >= 4 is 22.9 Å². The SMILES string of the molecule is COc1ccc(NC(=O)Cn2nc(-c3cccs3)ccc2=O)cc1OC. The standard InChI is InChI=1S/C18H17N3O4S/c1-24-14-7-5-12(10-15(14)25-2)19-17(22)11-21-18(23)8-6-13(20-21)16-4-3-9-26-16/h3-10H,11H2,1-2H3,(H,19,22). The summed E-state index contributed by atoms with van der Waals surface area (Å²) in [4.78, 5) is 25.2. The van der Waals surface area contributed by atoms with Crippen LogP contribution < -0.4 is 20.3 Å². The molecule has 134 valence electrons. The van der Waals surface area contributed by atoms with Crippen LogP contribution >= 0.6 is 11.3 Å². The van der Waals surface area contributed by atoms with Crippen LogP contribution in [0.2, 0.25) is 0 Å². The van der Waals surface area contributed by atoms with Gasteiger partial charge in [0.1, 0.15) is 12.2 Å². The topological polar surface area (TPSA) is 82.5 Å². The molecule has 0 aliphatic carbocycles. The minimum Gasteiger partial charge on any atom is -0.493 e. The largest absolute Gasteiger partial charge is 0.493 e. The van der Waals surface area contributed by atoms with Crippen molar-refractivity contribution in [2.24, 2.45) is 0 Å². The predicted molar refractivity (Wildman–Crippen MR) is 100.0 cm³/mol. The highest BCUT2D eigenvalue weighted by Crippen LogP contribution is 2.29. The van der Waals surface area contributed by atoms with Crippen molar-refractivity contribution in [2.45, 2.75) is 6.54 Å². The van der Waals surface area contributed by atoms with E-state index in [2.05, 4.69) is 10.4 Å². The Morgan fingerprint density at radius 3 is 2.65 bits per heavy atom. The summed E-state index contributed by atoms with van der Waals surface area (Å²) in [5.74, 6) is 0.697. The fraction of sp³-hybridized carbons (Fsp3) is 0.167. The maximum absolute atomic E-state index is 12.3. The molecule has 0 aliphatic heterocycles. The highest BCUT2D eigenvalue weighted by molar-refractivity contribution is 7.13. The molecule has 1 amide bonds.